The zero-order valence-electron chi connectivity index (χ0n) is 20.5. The number of benzene rings is 1. The van der Waals surface area contributed by atoms with Crippen LogP contribution in [0.3, 0.4) is 0 Å². The number of aromatic nitrogens is 4. The molecule has 0 amide bonds. The number of hydrogen-bond acceptors (Lipinski definition) is 10. The molecule has 10 nitrogen and oxygen atoms in total. The van der Waals surface area contributed by atoms with Crippen molar-refractivity contribution in [2.24, 2.45) is 0 Å². The molecule has 4 N–H and O–H groups in total. The van der Waals surface area contributed by atoms with Crippen LogP contribution in [0.5, 0.6) is 11.8 Å². The Hall–Kier alpha value is -4.43. The summed E-state index contributed by atoms with van der Waals surface area (Å²) in [5, 5.41) is 16.2. The number of nitrogens with zero attached hydrogens (tertiary/aromatic N) is 5. The SMILES string of the molecule is COc1nc(C2(C#N)CC2)ccc1Nc1ncc2c(N)c(F)c(-c3cnc4c(c3C)NCCO4)c(Cl)c2n1. The van der Waals surface area contributed by atoms with Gasteiger partial charge in [0.25, 0.3) is 0 Å². The molecule has 2 aliphatic rings. The fourth-order valence-electron chi connectivity index (χ4n) is 4.61. The summed E-state index contributed by atoms with van der Waals surface area (Å²) in [6, 6.07) is 5.87. The van der Waals surface area contributed by atoms with Crippen LogP contribution in [-0.4, -0.2) is 40.2 Å². The lowest BCUT2D eigenvalue weighted by atomic mass is 9.98. The number of nitrogens with one attached hydrogen (secondary N) is 2. The highest BCUT2D eigenvalue weighted by Gasteiger charge is 2.46. The van der Waals surface area contributed by atoms with E-state index in [0.29, 0.717) is 47.5 Å². The van der Waals surface area contributed by atoms with Gasteiger partial charge in [-0.25, -0.2) is 24.3 Å². The lowest BCUT2D eigenvalue weighted by Crippen LogP contribution is -2.20. The van der Waals surface area contributed by atoms with Gasteiger partial charge in [0.1, 0.15) is 18.0 Å². The molecule has 3 aromatic heterocycles. The number of fused-ring (bicyclic) bond motifs is 2. The van der Waals surface area contributed by atoms with Crippen LogP contribution < -0.4 is 25.8 Å². The second-order valence-corrected chi connectivity index (χ2v) is 9.57. The highest BCUT2D eigenvalue weighted by atomic mass is 35.5. The largest absolute Gasteiger partial charge is 0.480 e. The van der Waals surface area contributed by atoms with Gasteiger partial charge >= 0.3 is 0 Å². The van der Waals surface area contributed by atoms with E-state index in [4.69, 9.17) is 26.8 Å². The quantitative estimate of drug-likeness (QED) is 0.304. The minimum absolute atomic E-state index is 0.0730. The van der Waals surface area contributed by atoms with Crippen molar-refractivity contribution in [3.05, 3.63) is 46.6 Å². The first kappa shape index (κ1) is 23.9. The number of pyridine rings is 2. The molecule has 38 heavy (non-hydrogen) atoms. The lowest BCUT2D eigenvalue weighted by molar-refractivity contribution is 0.310. The van der Waals surface area contributed by atoms with Crippen LogP contribution in [0.1, 0.15) is 24.1 Å². The van der Waals surface area contributed by atoms with Crippen molar-refractivity contribution in [3.63, 3.8) is 0 Å². The summed E-state index contributed by atoms with van der Waals surface area (Å²) in [6.45, 7) is 2.93. The Bertz CT molecular complexity index is 1670. The molecule has 0 unspecified atom stereocenters. The smallest absolute Gasteiger partial charge is 0.237 e. The summed E-state index contributed by atoms with van der Waals surface area (Å²) in [5.41, 5.74) is 8.91. The fourth-order valence-corrected chi connectivity index (χ4v) is 4.94. The number of anilines is 4. The summed E-state index contributed by atoms with van der Waals surface area (Å²) in [4.78, 5) is 17.7. The molecule has 1 aromatic carbocycles. The van der Waals surface area contributed by atoms with Gasteiger partial charge in [0.15, 0.2) is 5.82 Å². The molecule has 1 fully saturated rings. The highest BCUT2D eigenvalue weighted by molar-refractivity contribution is 6.38. The van der Waals surface area contributed by atoms with E-state index in [1.807, 2.05) is 6.92 Å². The van der Waals surface area contributed by atoms with Crippen molar-refractivity contribution in [1.82, 2.24) is 19.9 Å². The molecule has 4 heterocycles. The lowest BCUT2D eigenvalue weighted by Gasteiger charge is -2.22. The molecule has 0 radical (unpaired) electrons. The van der Waals surface area contributed by atoms with E-state index >= 15 is 4.39 Å². The van der Waals surface area contributed by atoms with Crippen molar-refractivity contribution < 1.29 is 13.9 Å². The Morgan fingerprint density at radius 2 is 2.08 bits per heavy atom. The summed E-state index contributed by atoms with van der Waals surface area (Å²) >= 11 is 6.78. The number of halogens is 2. The van der Waals surface area contributed by atoms with Crippen LogP contribution >= 0.6 is 11.6 Å². The van der Waals surface area contributed by atoms with Crippen molar-refractivity contribution in [1.29, 1.82) is 5.26 Å². The van der Waals surface area contributed by atoms with Crippen LogP contribution in [0.4, 0.5) is 27.4 Å². The van der Waals surface area contributed by atoms with Crippen molar-refractivity contribution in [3.8, 4) is 29.0 Å². The van der Waals surface area contributed by atoms with Gasteiger partial charge < -0.3 is 25.8 Å². The van der Waals surface area contributed by atoms with Crippen molar-refractivity contribution >= 4 is 45.5 Å². The predicted molar refractivity (Wildman–Crippen MR) is 141 cm³/mol. The number of nitrogens with two attached hydrogens (primary N) is 1. The van der Waals surface area contributed by atoms with E-state index in [-0.39, 0.29) is 33.1 Å². The molecule has 0 bridgehead atoms. The molecule has 4 aromatic rings. The molecule has 0 spiro atoms. The van der Waals surface area contributed by atoms with E-state index in [0.717, 1.165) is 18.4 Å². The van der Waals surface area contributed by atoms with Gasteiger partial charge in [-0.3, -0.25) is 0 Å². The van der Waals surface area contributed by atoms with Crippen molar-refractivity contribution in [2.45, 2.75) is 25.2 Å². The fraction of sp³-hybridized carbons (Fsp3) is 0.269. The van der Waals surface area contributed by atoms with E-state index < -0.39 is 11.2 Å². The number of rotatable bonds is 5. The Kier molecular flexibility index (Phi) is 5.57. The van der Waals surface area contributed by atoms with Crippen LogP contribution in [0.25, 0.3) is 22.0 Å². The molecule has 192 valence electrons. The minimum Gasteiger partial charge on any atom is -0.480 e. The van der Waals surface area contributed by atoms with E-state index in [1.165, 1.54) is 19.5 Å². The number of ether oxygens (including phenoxy) is 2. The van der Waals surface area contributed by atoms with Crippen LogP contribution in [-0.2, 0) is 5.41 Å². The standard InChI is InChI=1S/C26H22ClFN8O2/c1-12-13(9-32-24-21(12)31-7-8-38-24)17-18(27)22-14(20(30)19(17)28)10-33-25(36-22)34-15-3-4-16(35-23(15)37-2)26(11-29)5-6-26/h3-4,9-10,31H,5-8,30H2,1-2H3,(H,33,34,36). The molecular formula is C26H22ClFN8O2. The summed E-state index contributed by atoms with van der Waals surface area (Å²) in [6.07, 6.45) is 4.46. The zero-order valence-corrected chi connectivity index (χ0v) is 21.3. The number of nitriles is 1. The molecule has 12 heteroatoms. The van der Waals surface area contributed by atoms with Gasteiger partial charge in [-0.15, -0.1) is 0 Å². The summed E-state index contributed by atoms with van der Waals surface area (Å²) in [7, 11) is 1.49. The first-order chi connectivity index (χ1) is 18.4. The maximum atomic E-state index is 15.6. The predicted octanol–water partition coefficient (Wildman–Crippen LogP) is 4.88. The van der Waals surface area contributed by atoms with Gasteiger partial charge in [-0.1, -0.05) is 11.6 Å². The molecular weight excluding hydrogens is 511 g/mol. The molecule has 0 saturated heterocycles. The normalized spacial score (nSPS) is 15.1. The Labute approximate surface area is 222 Å². The molecule has 1 saturated carbocycles. The number of hydrogen-bond donors (Lipinski definition) is 3. The summed E-state index contributed by atoms with van der Waals surface area (Å²) < 4.78 is 26.6. The van der Waals surface area contributed by atoms with Gasteiger partial charge in [0, 0.05) is 35.5 Å². The Morgan fingerprint density at radius 1 is 1.26 bits per heavy atom. The number of nitrogen functional groups attached to an aromatic ring is 1. The highest BCUT2D eigenvalue weighted by Crippen LogP contribution is 2.48. The third kappa shape index (κ3) is 3.68. The van der Waals surface area contributed by atoms with Crippen molar-refractivity contribution in [2.75, 3.05) is 36.6 Å². The van der Waals surface area contributed by atoms with Gasteiger partial charge in [-0.2, -0.15) is 5.26 Å². The second kappa shape index (κ2) is 8.85. The average Bonchev–Trinajstić information content (AvgIpc) is 3.75. The third-order valence-electron chi connectivity index (χ3n) is 6.93. The van der Waals surface area contributed by atoms with Crippen LogP contribution in [0, 0.1) is 24.1 Å². The first-order valence-corrected chi connectivity index (χ1v) is 12.3. The maximum Gasteiger partial charge on any atom is 0.237 e. The molecule has 1 aliphatic carbocycles. The number of methoxy groups -OCH3 is 1. The van der Waals surface area contributed by atoms with E-state index in [1.54, 1.807) is 12.1 Å². The average molecular weight is 533 g/mol. The summed E-state index contributed by atoms with van der Waals surface area (Å²) in [5.74, 6) is 0.249. The third-order valence-corrected chi connectivity index (χ3v) is 7.30. The Morgan fingerprint density at radius 3 is 2.82 bits per heavy atom. The van der Waals surface area contributed by atoms with E-state index in [2.05, 4.69) is 36.6 Å². The molecule has 1 aliphatic heterocycles. The second-order valence-electron chi connectivity index (χ2n) is 9.20. The van der Waals surface area contributed by atoms with Gasteiger partial charge in [0.2, 0.25) is 17.7 Å². The van der Waals surface area contributed by atoms with Crippen LogP contribution in [0.2, 0.25) is 5.02 Å². The molecule has 0 atom stereocenters. The zero-order chi connectivity index (χ0) is 26.6. The maximum absolute atomic E-state index is 15.6. The monoisotopic (exact) mass is 532 g/mol. The topological polar surface area (TPSA) is 144 Å². The van der Waals surface area contributed by atoms with Crippen LogP contribution in [0.15, 0.2) is 24.5 Å². The van der Waals surface area contributed by atoms with Gasteiger partial charge in [0.05, 0.1) is 40.5 Å². The molecule has 6 rings (SSSR count). The Balaban J connectivity index is 1.43. The minimum atomic E-state index is -0.679. The first-order valence-electron chi connectivity index (χ1n) is 11.9. The van der Waals surface area contributed by atoms with E-state index in [9.17, 15) is 5.26 Å². The van der Waals surface area contributed by atoms with Gasteiger partial charge in [-0.05, 0) is 37.5 Å².